The molecule has 9 heteroatoms. The standard InChI is InChI=1S/C20H21N3O5S/c1-13-10-14(4-6-17(13)28-3)11-19(24)21-20-22(8-9-27-2)16-12-15(23(25)26)5-7-18(16)29-20/h4-7,10,12H,8-9,11H2,1-3H3. The molecule has 0 saturated heterocycles. The SMILES string of the molecule is COCCn1c(=NC(=O)Cc2ccc(OC)c(C)c2)sc2ccc([N+](=O)[O-])cc21. The average molecular weight is 415 g/mol. The molecular weight excluding hydrogens is 394 g/mol. The number of non-ortho nitro benzene ring substituents is 1. The number of fused-ring (bicyclic) bond motifs is 1. The van der Waals surface area contributed by atoms with Gasteiger partial charge in [0, 0.05) is 25.8 Å². The average Bonchev–Trinajstić information content (AvgIpc) is 3.02. The Hall–Kier alpha value is -3.04. The van der Waals surface area contributed by atoms with Gasteiger partial charge in [0.1, 0.15) is 5.75 Å². The highest BCUT2D eigenvalue weighted by molar-refractivity contribution is 7.16. The van der Waals surface area contributed by atoms with Crippen LogP contribution in [0, 0.1) is 17.0 Å². The van der Waals surface area contributed by atoms with Crippen LogP contribution in [0.1, 0.15) is 11.1 Å². The Morgan fingerprint density at radius 3 is 2.69 bits per heavy atom. The molecule has 0 fully saturated rings. The van der Waals surface area contributed by atoms with Gasteiger partial charge in [-0.05, 0) is 30.2 Å². The Bertz CT molecular complexity index is 1130. The van der Waals surface area contributed by atoms with Crippen LogP contribution in [-0.2, 0) is 22.5 Å². The molecule has 0 unspecified atom stereocenters. The number of rotatable bonds is 7. The number of hydrogen-bond donors (Lipinski definition) is 0. The zero-order chi connectivity index (χ0) is 21.0. The third-order valence-corrected chi connectivity index (χ3v) is 5.49. The molecule has 0 saturated carbocycles. The van der Waals surface area contributed by atoms with Crippen molar-refractivity contribution in [3.8, 4) is 5.75 Å². The predicted molar refractivity (Wildman–Crippen MR) is 110 cm³/mol. The summed E-state index contributed by atoms with van der Waals surface area (Å²) in [5.74, 6) is 0.475. The quantitative estimate of drug-likeness (QED) is 0.436. The van der Waals surface area contributed by atoms with E-state index in [2.05, 4.69) is 4.99 Å². The fourth-order valence-corrected chi connectivity index (χ4v) is 4.08. The number of thiazole rings is 1. The highest BCUT2D eigenvalue weighted by atomic mass is 32.1. The second kappa shape index (κ2) is 8.97. The first kappa shape index (κ1) is 20.7. The van der Waals surface area contributed by atoms with Crippen molar-refractivity contribution in [3.63, 3.8) is 0 Å². The predicted octanol–water partition coefficient (Wildman–Crippen LogP) is 3.24. The number of ether oxygens (including phenoxy) is 2. The molecule has 29 heavy (non-hydrogen) atoms. The van der Waals surface area contributed by atoms with Crippen molar-refractivity contribution >= 4 is 33.1 Å². The van der Waals surface area contributed by atoms with E-state index in [1.807, 2.05) is 25.1 Å². The maximum Gasteiger partial charge on any atom is 0.271 e. The number of aromatic nitrogens is 1. The Morgan fingerprint density at radius 1 is 1.24 bits per heavy atom. The van der Waals surface area contributed by atoms with Crippen LogP contribution in [0.4, 0.5) is 5.69 Å². The van der Waals surface area contributed by atoms with Gasteiger partial charge < -0.3 is 14.0 Å². The molecule has 0 spiro atoms. The number of benzene rings is 2. The van der Waals surface area contributed by atoms with Gasteiger partial charge in [-0.1, -0.05) is 23.5 Å². The van der Waals surface area contributed by atoms with E-state index in [4.69, 9.17) is 9.47 Å². The van der Waals surface area contributed by atoms with Crippen LogP contribution in [0.5, 0.6) is 5.75 Å². The molecule has 0 N–H and O–H groups in total. The number of carbonyl (C=O) groups is 1. The fourth-order valence-electron chi connectivity index (χ4n) is 3.03. The number of methoxy groups -OCH3 is 2. The number of nitro groups is 1. The molecule has 0 aliphatic carbocycles. The smallest absolute Gasteiger partial charge is 0.271 e. The van der Waals surface area contributed by atoms with Crippen molar-refractivity contribution in [1.82, 2.24) is 4.57 Å². The molecule has 152 valence electrons. The van der Waals surface area contributed by atoms with E-state index < -0.39 is 4.92 Å². The molecule has 0 atom stereocenters. The summed E-state index contributed by atoms with van der Waals surface area (Å²) in [6.45, 7) is 2.75. The molecule has 8 nitrogen and oxygen atoms in total. The minimum Gasteiger partial charge on any atom is -0.496 e. The lowest BCUT2D eigenvalue weighted by molar-refractivity contribution is -0.384. The molecular formula is C20H21N3O5S. The van der Waals surface area contributed by atoms with Crippen LogP contribution in [0.2, 0.25) is 0 Å². The van der Waals surface area contributed by atoms with Crippen molar-refractivity contribution in [1.29, 1.82) is 0 Å². The lowest BCUT2D eigenvalue weighted by atomic mass is 10.1. The molecule has 3 rings (SSSR count). The van der Waals surface area contributed by atoms with Crippen LogP contribution >= 0.6 is 11.3 Å². The first-order chi connectivity index (χ1) is 13.9. The van der Waals surface area contributed by atoms with Gasteiger partial charge in [-0.15, -0.1) is 0 Å². The van der Waals surface area contributed by atoms with Crippen molar-refractivity contribution in [3.05, 3.63) is 62.4 Å². The fraction of sp³-hybridized carbons (Fsp3) is 0.300. The first-order valence-electron chi connectivity index (χ1n) is 8.90. The van der Waals surface area contributed by atoms with E-state index in [1.54, 1.807) is 24.9 Å². The summed E-state index contributed by atoms with van der Waals surface area (Å²) < 4.78 is 13.0. The van der Waals surface area contributed by atoms with Crippen LogP contribution in [0.3, 0.4) is 0 Å². The zero-order valence-electron chi connectivity index (χ0n) is 16.4. The second-order valence-electron chi connectivity index (χ2n) is 6.42. The maximum atomic E-state index is 12.6. The van der Waals surface area contributed by atoms with E-state index in [0.717, 1.165) is 21.6 Å². The lowest BCUT2D eigenvalue weighted by Gasteiger charge is -2.06. The normalized spacial score (nSPS) is 11.8. The van der Waals surface area contributed by atoms with E-state index in [0.29, 0.717) is 23.5 Å². The van der Waals surface area contributed by atoms with Crippen molar-refractivity contribution in [2.45, 2.75) is 19.9 Å². The zero-order valence-corrected chi connectivity index (χ0v) is 17.2. The van der Waals surface area contributed by atoms with Crippen molar-refractivity contribution in [2.75, 3.05) is 20.8 Å². The highest BCUT2D eigenvalue weighted by Crippen LogP contribution is 2.23. The molecule has 0 bridgehead atoms. The van der Waals surface area contributed by atoms with Crippen LogP contribution in [-0.4, -0.2) is 36.2 Å². The molecule has 0 aliphatic rings. The number of aryl methyl sites for hydroxylation is 1. The number of hydrogen-bond acceptors (Lipinski definition) is 6. The summed E-state index contributed by atoms with van der Waals surface area (Å²) in [5.41, 5.74) is 2.44. The van der Waals surface area contributed by atoms with Gasteiger partial charge in [0.25, 0.3) is 11.6 Å². The Morgan fingerprint density at radius 2 is 2.03 bits per heavy atom. The monoisotopic (exact) mass is 415 g/mol. The molecule has 0 radical (unpaired) electrons. The number of amides is 1. The lowest BCUT2D eigenvalue weighted by Crippen LogP contribution is -2.19. The van der Waals surface area contributed by atoms with Crippen molar-refractivity contribution < 1.29 is 19.2 Å². The Labute approximate surface area is 171 Å². The summed E-state index contributed by atoms with van der Waals surface area (Å²) in [4.78, 5) is 28.0. The summed E-state index contributed by atoms with van der Waals surface area (Å²) in [5, 5.41) is 11.1. The Balaban J connectivity index is 1.98. The second-order valence-corrected chi connectivity index (χ2v) is 7.43. The molecule has 1 aromatic heterocycles. The van der Waals surface area contributed by atoms with Gasteiger partial charge in [0.15, 0.2) is 4.80 Å². The number of nitrogens with zero attached hydrogens (tertiary/aromatic N) is 3. The number of nitro benzene ring substituents is 1. The van der Waals surface area contributed by atoms with Gasteiger partial charge in [-0.25, -0.2) is 0 Å². The molecule has 1 heterocycles. The van der Waals surface area contributed by atoms with E-state index in [-0.39, 0.29) is 18.0 Å². The van der Waals surface area contributed by atoms with E-state index in [9.17, 15) is 14.9 Å². The highest BCUT2D eigenvalue weighted by Gasteiger charge is 2.13. The third kappa shape index (κ3) is 4.69. The molecule has 0 aliphatic heterocycles. The minimum absolute atomic E-state index is 0.00643. The summed E-state index contributed by atoms with van der Waals surface area (Å²) in [6.07, 6.45) is 0.156. The minimum atomic E-state index is -0.439. The largest absolute Gasteiger partial charge is 0.496 e. The van der Waals surface area contributed by atoms with Gasteiger partial charge in [-0.3, -0.25) is 14.9 Å². The first-order valence-corrected chi connectivity index (χ1v) is 9.72. The van der Waals surface area contributed by atoms with Gasteiger partial charge in [-0.2, -0.15) is 4.99 Å². The molecule has 1 amide bonds. The van der Waals surface area contributed by atoms with Crippen LogP contribution in [0.25, 0.3) is 10.2 Å². The van der Waals surface area contributed by atoms with Gasteiger partial charge in [0.05, 0.1) is 35.3 Å². The van der Waals surface area contributed by atoms with Gasteiger partial charge >= 0.3 is 0 Å². The molecule has 2 aromatic carbocycles. The molecule has 3 aromatic rings. The van der Waals surface area contributed by atoms with E-state index in [1.165, 1.54) is 23.5 Å². The van der Waals surface area contributed by atoms with E-state index >= 15 is 0 Å². The Kier molecular flexibility index (Phi) is 6.40. The summed E-state index contributed by atoms with van der Waals surface area (Å²) >= 11 is 1.32. The third-order valence-electron chi connectivity index (χ3n) is 4.43. The van der Waals surface area contributed by atoms with Crippen LogP contribution in [0.15, 0.2) is 41.4 Å². The topological polar surface area (TPSA) is 96.0 Å². The summed E-state index contributed by atoms with van der Waals surface area (Å²) in [7, 11) is 3.18. The number of carbonyl (C=O) groups excluding carboxylic acids is 1. The van der Waals surface area contributed by atoms with Gasteiger partial charge in [0.2, 0.25) is 0 Å². The maximum absolute atomic E-state index is 12.6. The van der Waals surface area contributed by atoms with Crippen LogP contribution < -0.4 is 9.54 Å². The van der Waals surface area contributed by atoms with Crippen molar-refractivity contribution in [2.24, 2.45) is 4.99 Å². The summed E-state index contributed by atoms with van der Waals surface area (Å²) in [6, 6.07) is 10.2.